The molecule has 0 aliphatic rings. The van der Waals surface area contributed by atoms with Gasteiger partial charge in [-0.15, -0.1) is 0 Å². The molecule has 0 N–H and O–H groups in total. The fourth-order valence-corrected chi connectivity index (χ4v) is 6.02. The Kier molecular flexibility index (Phi) is 6.62. The summed E-state index contributed by atoms with van der Waals surface area (Å²) in [6.45, 7) is 5.34. The lowest BCUT2D eigenvalue weighted by Crippen LogP contribution is -1.97. The Labute approximate surface area is 220 Å². The van der Waals surface area contributed by atoms with Gasteiger partial charge in [0, 0.05) is 35.9 Å². The molecule has 164 valence electrons. The van der Waals surface area contributed by atoms with E-state index in [0.717, 1.165) is 38.7 Å². The molecule has 0 spiro atoms. The minimum Gasteiger partial charge on any atom is -0.372 e. The first-order chi connectivity index (χ1) is 16.0. The van der Waals surface area contributed by atoms with E-state index >= 15 is 0 Å². The number of aryl methyl sites for hydroxylation is 2. The third kappa shape index (κ3) is 4.63. The monoisotopic (exact) mass is 656 g/mol. The van der Waals surface area contributed by atoms with Crippen LogP contribution in [0.25, 0.3) is 32.9 Å². The van der Waals surface area contributed by atoms with Crippen LogP contribution in [0.4, 0.5) is 0 Å². The molecule has 0 aliphatic carbocycles. The molecule has 0 saturated heterocycles. The van der Waals surface area contributed by atoms with E-state index in [1.807, 2.05) is 18.5 Å². The summed E-state index contributed by atoms with van der Waals surface area (Å²) in [4.78, 5) is 9.33. The summed E-state index contributed by atoms with van der Waals surface area (Å²) >= 11 is 4.79. The predicted octanol–water partition coefficient (Wildman–Crippen LogP) is 7.99. The van der Waals surface area contributed by atoms with Gasteiger partial charge in [0.15, 0.2) is 0 Å². The van der Waals surface area contributed by atoms with Crippen LogP contribution in [0.15, 0.2) is 73.1 Å². The summed E-state index contributed by atoms with van der Waals surface area (Å²) < 4.78 is 8.60. The van der Waals surface area contributed by atoms with Gasteiger partial charge in [0.05, 0.1) is 24.2 Å². The van der Waals surface area contributed by atoms with Crippen LogP contribution in [0.1, 0.15) is 22.3 Å². The Balaban J connectivity index is 1.37. The van der Waals surface area contributed by atoms with Crippen LogP contribution in [0.5, 0.6) is 0 Å². The Morgan fingerprint density at radius 3 is 2.52 bits per heavy atom. The van der Waals surface area contributed by atoms with Gasteiger partial charge in [-0.05, 0) is 111 Å². The fourth-order valence-electron chi connectivity index (χ4n) is 4.13. The van der Waals surface area contributed by atoms with Crippen molar-refractivity contribution < 1.29 is 4.74 Å². The summed E-state index contributed by atoms with van der Waals surface area (Å²) in [6, 6.07) is 21.4. The lowest BCUT2D eigenvalue weighted by atomic mass is 10.0. The number of ether oxygens (including phenoxy) is 1. The number of hydrogen-bond donors (Lipinski definition) is 0. The average Bonchev–Trinajstić information content (AvgIpc) is 2.84. The van der Waals surface area contributed by atoms with Crippen molar-refractivity contribution in [1.29, 1.82) is 0 Å². The molecule has 0 amide bonds. The van der Waals surface area contributed by atoms with Crippen molar-refractivity contribution in [3.8, 4) is 11.1 Å². The maximum Gasteiger partial charge on any atom is 0.0752 e. The molecular weight excluding hydrogens is 634 g/mol. The second-order valence-corrected chi connectivity index (χ2v) is 10.5. The molecule has 0 fully saturated rings. The summed E-state index contributed by atoms with van der Waals surface area (Å²) in [5.41, 5.74) is 9.14. The third-order valence-corrected chi connectivity index (χ3v) is 7.97. The molecule has 2 aromatic heterocycles. The highest BCUT2D eigenvalue weighted by molar-refractivity contribution is 14.1. The summed E-state index contributed by atoms with van der Waals surface area (Å²) in [5.74, 6) is 0. The highest BCUT2D eigenvalue weighted by atomic mass is 127. The molecule has 33 heavy (non-hydrogen) atoms. The maximum atomic E-state index is 6.12. The van der Waals surface area contributed by atoms with Gasteiger partial charge in [-0.3, -0.25) is 9.97 Å². The first kappa shape index (κ1) is 22.7. The van der Waals surface area contributed by atoms with Crippen molar-refractivity contribution in [2.24, 2.45) is 0 Å². The van der Waals surface area contributed by atoms with Gasteiger partial charge in [-0.25, -0.2) is 0 Å². The molecule has 3 nitrogen and oxygen atoms in total. The Bertz CT molecular complexity index is 1500. The number of pyridine rings is 2. The van der Waals surface area contributed by atoms with Crippen LogP contribution in [0.2, 0.25) is 0 Å². The predicted molar refractivity (Wildman–Crippen MR) is 152 cm³/mol. The number of hydrogen-bond acceptors (Lipinski definition) is 3. The smallest absolute Gasteiger partial charge is 0.0752 e. The minimum atomic E-state index is 0.555. The zero-order valence-corrected chi connectivity index (χ0v) is 22.7. The second-order valence-electron chi connectivity index (χ2n) is 8.22. The molecule has 0 atom stereocenters. The normalized spacial score (nSPS) is 11.4. The molecule has 0 saturated carbocycles. The number of halogens is 2. The van der Waals surface area contributed by atoms with Gasteiger partial charge in [0.25, 0.3) is 0 Å². The Morgan fingerprint density at radius 2 is 1.64 bits per heavy atom. The van der Waals surface area contributed by atoms with Gasteiger partial charge in [0.2, 0.25) is 0 Å². The lowest BCUT2D eigenvalue weighted by Gasteiger charge is -2.11. The van der Waals surface area contributed by atoms with Gasteiger partial charge in [-0.2, -0.15) is 0 Å². The van der Waals surface area contributed by atoms with Crippen molar-refractivity contribution in [1.82, 2.24) is 9.97 Å². The standard InChI is InChI=1S/C28H22I2N2O/c1-17-8-9-21(23-7-4-10-31-27(17)23)16-33-15-19-5-3-6-20(11-19)22-12-24-26(30)13-25(29)18(2)28(24)32-14-22/h3-14H,15-16H2,1-2H3. The third-order valence-electron chi connectivity index (χ3n) is 5.96. The molecule has 2 heterocycles. The number of nitrogens with zero attached hydrogens (tertiary/aromatic N) is 2. The molecule has 5 aromatic rings. The molecule has 5 rings (SSSR count). The molecule has 0 unspecified atom stereocenters. The van der Waals surface area contributed by atoms with Crippen LogP contribution in [0, 0.1) is 21.0 Å². The quantitative estimate of drug-likeness (QED) is 0.180. The number of benzene rings is 3. The van der Waals surface area contributed by atoms with E-state index in [2.05, 4.69) is 119 Å². The molecule has 0 bridgehead atoms. The topological polar surface area (TPSA) is 35.0 Å². The largest absolute Gasteiger partial charge is 0.372 e. The Hall–Kier alpha value is -2.10. The van der Waals surface area contributed by atoms with Gasteiger partial charge in [-0.1, -0.05) is 36.4 Å². The fraction of sp³-hybridized carbons (Fsp3) is 0.143. The SMILES string of the molecule is Cc1ccc(COCc2cccc(-c3cnc4c(C)c(I)cc(I)c4c3)c2)c2cccnc12. The van der Waals surface area contributed by atoms with E-state index in [1.54, 1.807) is 0 Å². The van der Waals surface area contributed by atoms with Gasteiger partial charge >= 0.3 is 0 Å². The Morgan fingerprint density at radius 1 is 0.758 bits per heavy atom. The number of fused-ring (bicyclic) bond motifs is 2. The van der Waals surface area contributed by atoms with Crippen molar-refractivity contribution in [3.05, 3.63) is 102 Å². The van der Waals surface area contributed by atoms with E-state index < -0.39 is 0 Å². The molecule has 5 heteroatoms. The average molecular weight is 656 g/mol. The van der Waals surface area contributed by atoms with Crippen molar-refractivity contribution in [3.63, 3.8) is 0 Å². The van der Waals surface area contributed by atoms with E-state index in [9.17, 15) is 0 Å². The van der Waals surface area contributed by atoms with Crippen LogP contribution >= 0.6 is 45.2 Å². The van der Waals surface area contributed by atoms with Crippen LogP contribution in [-0.2, 0) is 18.0 Å². The van der Waals surface area contributed by atoms with Gasteiger partial charge in [0.1, 0.15) is 0 Å². The van der Waals surface area contributed by atoms with E-state index in [0.29, 0.717) is 13.2 Å². The van der Waals surface area contributed by atoms with Gasteiger partial charge < -0.3 is 4.74 Å². The molecule has 0 aliphatic heterocycles. The zero-order valence-electron chi connectivity index (χ0n) is 18.4. The highest BCUT2D eigenvalue weighted by Gasteiger charge is 2.10. The number of rotatable bonds is 5. The first-order valence-electron chi connectivity index (χ1n) is 10.8. The van der Waals surface area contributed by atoms with E-state index in [-0.39, 0.29) is 0 Å². The van der Waals surface area contributed by atoms with Crippen LogP contribution < -0.4 is 0 Å². The lowest BCUT2D eigenvalue weighted by molar-refractivity contribution is 0.108. The van der Waals surface area contributed by atoms with Crippen molar-refractivity contribution >= 4 is 67.0 Å². The van der Waals surface area contributed by atoms with Crippen LogP contribution in [0.3, 0.4) is 0 Å². The first-order valence-corrected chi connectivity index (χ1v) is 12.9. The molecule has 0 radical (unpaired) electrons. The number of aromatic nitrogens is 2. The summed E-state index contributed by atoms with van der Waals surface area (Å²) in [6.07, 6.45) is 3.82. The summed E-state index contributed by atoms with van der Waals surface area (Å²) in [5, 5.41) is 2.36. The van der Waals surface area contributed by atoms with E-state index in [4.69, 9.17) is 9.72 Å². The summed E-state index contributed by atoms with van der Waals surface area (Å²) in [7, 11) is 0. The molecule has 3 aromatic carbocycles. The highest BCUT2D eigenvalue weighted by Crippen LogP contribution is 2.31. The molecular formula is C28H22I2N2O. The second kappa shape index (κ2) is 9.64. The van der Waals surface area contributed by atoms with Crippen molar-refractivity contribution in [2.45, 2.75) is 27.1 Å². The zero-order chi connectivity index (χ0) is 22.9. The minimum absolute atomic E-state index is 0.555. The van der Waals surface area contributed by atoms with Crippen LogP contribution in [-0.4, -0.2) is 9.97 Å². The van der Waals surface area contributed by atoms with Crippen molar-refractivity contribution in [2.75, 3.05) is 0 Å². The van der Waals surface area contributed by atoms with E-state index in [1.165, 1.54) is 23.7 Å². The maximum absolute atomic E-state index is 6.12.